The Morgan fingerprint density at radius 2 is 2.25 bits per heavy atom. The standard InChI is InChI=1S/C13H15FN2/c14-12-5-4-10(8-16-12)11-3-1-2-9-6-7-15-13(9)11/h3-5,8-9,13,15H,1-2,6-7H2/t9-,13+/m0/s1. The van der Waals surface area contributed by atoms with Crippen LogP contribution in [0.4, 0.5) is 4.39 Å². The van der Waals surface area contributed by atoms with Gasteiger partial charge in [0, 0.05) is 12.2 Å². The molecule has 2 aliphatic rings. The largest absolute Gasteiger partial charge is 0.310 e. The quantitative estimate of drug-likeness (QED) is 0.732. The first kappa shape index (κ1) is 9.97. The molecule has 1 fully saturated rings. The van der Waals surface area contributed by atoms with Crippen molar-refractivity contribution in [2.24, 2.45) is 5.92 Å². The molecule has 3 heteroatoms. The van der Waals surface area contributed by atoms with Crippen LogP contribution in [0.2, 0.25) is 0 Å². The average molecular weight is 218 g/mol. The van der Waals surface area contributed by atoms with Crippen molar-refractivity contribution in [3.63, 3.8) is 0 Å². The molecule has 0 spiro atoms. The fourth-order valence-corrected chi connectivity index (χ4v) is 2.86. The molecule has 0 bridgehead atoms. The lowest BCUT2D eigenvalue weighted by Crippen LogP contribution is -2.30. The molecule has 0 amide bonds. The Bertz CT molecular complexity index is 410. The van der Waals surface area contributed by atoms with Crippen LogP contribution >= 0.6 is 0 Å². The molecule has 1 aliphatic carbocycles. The maximum absolute atomic E-state index is 12.8. The third-order valence-electron chi connectivity index (χ3n) is 3.65. The number of halogens is 1. The summed E-state index contributed by atoms with van der Waals surface area (Å²) < 4.78 is 12.8. The maximum atomic E-state index is 12.8. The Morgan fingerprint density at radius 3 is 3.06 bits per heavy atom. The van der Waals surface area contributed by atoms with Gasteiger partial charge in [-0.05, 0) is 55.0 Å². The van der Waals surface area contributed by atoms with Gasteiger partial charge in [0.15, 0.2) is 0 Å². The van der Waals surface area contributed by atoms with Crippen LogP contribution in [-0.4, -0.2) is 17.6 Å². The molecule has 2 nitrogen and oxygen atoms in total. The summed E-state index contributed by atoms with van der Waals surface area (Å²) in [4.78, 5) is 3.73. The summed E-state index contributed by atoms with van der Waals surface area (Å²) in [6.45, 7) is 1.10. The van der Waals surface area contributed by atoms with Gasteiger partial charge in [-0.1, -0.05) is 6.08 Å². The van der Waals surface area contributed by atoms with Gasteiger partial charge in [0.25, 0.3) is 0 Å². The Morgan fingerprint density at radius 1 is 1.31 bits per heavy atom. The van der Waals surface area contributed by atoms with E-state index in [0.717, 1.165) is 24.4 Å². The number of rotatable bonds is 1. The number of allylic oxidation sites excluding steroid dienone is 1. The van der Waals surface area contributed by atoms with Crippen molar-refractivity contribution in [2.45, 2.75) is 25.3 Å². The van der Waals surface area contributed by atoms with Crippen LogP contribution in [0.3, 0.4) is 0 Å². The van der Waals surface area contributed by atoms with E-state index in [1.807, 2.05) is 6.07 Å². The molecule has 1 aliphatic heterocycles. The van der Waals surface area contributed by atoms with Gasteiger partial charge in [-0.15, -0.1) is 0 Å². The van der Waals surface area contributed by atoms with E-state index in [0.29, 0.717) is 6.04 Å². The van der Waals surface area contributed by atoms with Crippen molar-refractivity contribution in [2.75, 3.05) is 6.54 Å². The second kappa shape index (κ2) is 3.98. The summed E-state index contributed by atoms with van der Waals surface area (Å²) in [6.07, 6.45) is 7.58. The van der Waals surface area contributed by atoms with Gasteiger partial charge in [-0.25, -0.2) is 4.98 Å². The third-order valence-corrected chi connectivity index (χ3v) is 3.65. The lowest BCUT2D eigenvalue weighted by molar-refractivity contribution is 0.470. The average Bonchev–Trinajstić information content (AvgIpc) is 2.78. The highest BCUT2D eigenvalue weighted by Gasteiger charge is 2.32. The van der Waals surface area contributed by atoms with E-state index >= 15 is 0 Å². The fraction of sp³-hybridized carbons (Fsp3) is 0.462. The minimum atomic E-state index is -0.406. The summed E-state index contributed by atoms with van der Waals surface area (Å²) in [7, 11) is 0. The van der Waals surface area contributed by atoms with Gasteiger partial charge in [0.05, 0.1) is 0 Å². The lowest BCUT2D eigenvalue weighted by Gasteiger charge is -2.26. The SMILES string of the molecule is Fc1ccc(C2=CCC[C@H]3CCN[C@@H]23)cn1. The van der Waals surface area contributed by atoms with Crippen LogP contribution in [0.1, 0.15) is 24.8 Å². The third kappa shape index (κ3) is 1.65. The molecule has 0 unspecified atom stereocenters. The normalized spacial score (nSPS) is 28.7. The zero-order valence-corrected chi connectivity index (χ0v) is 9.12. The van der Waals surface area contributed by atoms with Crippen LogP contribution in [0.5, 0.6) is 0 Å². The molecule has 0 radical (unpaired) electrons. The second-order valence-electron chi connectivity index (χ2n) is 4.59. The predicted molar refractivity (Wildman–Crippen MR) is 61.3 cm³/mol. The minimum absolute atomic E-state index is 0.406. The van der Waals surface area contributed by atoms with E-state index in [1.54, 1.807) is 6.20 Å². The molecule has 84 valence electrons. The molecule has 2 atom stereocenters. The van der Waals surface area contributed by atoms with Gasteiger partial charge < -0.3 is 5.32 Å². The number of pyridine rings is 1. The maximum Gasteiger partial charge on any atom is 0.212 e. The summed E-state index contributed by atoms with van der Waals surface area (Å²) in [6, 6.07) is 3.73. The molecule has 0 aromatic carbocycles. The number of hydrogen-bond acceptors (Lipinski definition) is 2. The van der Waals surface area contributed by atoms with Crippen LogP contribution < -0.4 is 5.32 Å². The van der Waals surface area contributed by atoms with Crippen molar-refractivity contribution in [1.29, 1.82) is 0 Å². The molecule has 2 heterocycles. The van der Waals surface area contributed by atoms with E-state index in [1.165, 1.54) is 24.5 Å². The number of nitrogens with one attached hydrogen (secondary N) is 1. The smallest absolute Gasteiger partial charge is 0.212 e. The summed E-state index contributed by atoms with van der Waals surface area (Å²) in [5.74, 6) is 0.348. The van der Waals surface area contributed by atoms with Crippen molar-refractivity contribution >= 4 is 5.57 Å². The monoisotopic (exact) mass is 218 g/mol. The van der Waals surface area contributed by atoms with Gasteiger partial charge in [-0.3, -0.25) is 0 Å². The predicted octanol–water partition coefficient (Wildman–Crippen LogP) is 2.38. The first-order chi connectivity index (χ1) is 7.84. The highest BCUT2D eigenvalue weighted by molar-refractivity contribution is 5.70. The Balaban J connectivity index is 1.93. The highest BCUT2D eigenvalue weighted by atomic mass is 19.1. The Kier molecular flexibility index (Phi) is 2.48. The van der Waals surface area contributed by atoms with E-state index < -0.39 is 5.95 Å². The van der Waals surface area contributed by atoms with Crippen molar-refractivity contribution in [3.8, 4) is 0 Å². The first-order valence-electron chi connectivity index (χ1n) is 5.90. The van der Waals surface area contributed by atoms with Crippen molar-refractivity contribution in [3.05, 3.63) is 35.9 Å². The molecule has 3 rings (SSSR count). The van der Waals surface area contributed by atoms with Crippen LogP contribution in [0.25, 0.3) is 5.57 Å². The van der Waals surface area contributed by atoms with Crippen LogP contribution in [0.15, 0.2) is 24.4 Å². The number of hydrogen-bond donors (Lipinski definition) is 1. The molecular weight excluding hydrogens is 203 g/mol. The summed E-state index contributed by atoms with van der Waals surface area (Å²) >= 11 is 0. The molecule has 1 N–H and O–H groups in total. The Labute approximate surface area is 94.6 Å². The zero-order chi connectivity index (χ0) is 11.0. The lowest BCUT2D eigenvalue weighted by atomic mass is 9.82. The van der Waals surface area contributed by atoms with Gasteiger partial charge in [0.2, 0.25) is 5.95 Å². The summed E-state index contributed by atoms with van der Waals surface area (Å²) in [5.41, 5.74) is 2.37. The molecule has 1 aromatic heterocycles. The molecule has 1 saturated heterocycles. The minimum Gasteiger partial charge on any atom is -0.310 e. The van der Waals surface area contributed by atoms with Crippen molar-refractivity contribution < 1.29 is 4.39 Å². The first-order valence-corrected chi connectivity index (χ1v) is 5.90. The topological polar surface area (TPSA) is 24.9 Å². The molecule has 16 heavy (non-hydrogen) atoms. The van der Waals surface area contributed by atoms with E-state index in [9.17, 15) is 4.39 Å². The molecular formula is C13H15FN2. The Hall–Kier alpha value is -1.22. The molecule has 0 saturated carbocycles. The van der Waals surface area contributed by atoms with E-state index in [2.05, 4.69) is 16.4 Å². The van der Waals surface area contributed by atoms with Gasteiger partial charge in [0.1, 0.15) is 0 Å². The highest BCUT2D eigenvalue weighted by Crippen LogP contribution is 2.35. The fourth-order valence-electron chi connectivity index (χ4n) is 2.86. The number of nitrogens with zero attached hydrogens (tertiary/aromatic N) is 1. The van der Waals surface area contributed by atoms with Gasteiger partial charge in [-0.2, -0.15) is 4.39 Å². The number of fused-ring (bicyclic) bond motifs is 1. The van der Waals surface area contributed by atoms with Gasteiger partial charge >= 0.3 is 0 Å². The number of aromatic nitrogens is 1. The van der Waals surface area contributed by atoms with Crippen molar-refractivity contribution in [1.82, 2.24) is 10.3 Å². The molecule has 1 aromatic rings. The van der Waals surface area contributed by atoms with Crippen LogP contribution in [0, 0.1) is 11.9 Å². The second-order valence-corrected chi connectivity index (χ2v) is 4.59. The zero-order valence-electron chi connectivity index (χ0n) is 9.12. The van der Waals surface area contributed by atoms with E-state index in [-0.39, 0.29) is 0 Å². The van der Waals surface area contributed by atoms with Crippen LogP contribution in [-0.2, 0) is 0 Å². The summed E-state index contributed by atoms with van der Waals surface area (Å²) in [5, 5.41) is 3.53. The van der Waals surface area contributed by atoms with E-state index in [4.69, 9.17) is 0 Å².